The maximum absolute atomic E-state index is 12.0. The Morgan fingerprint density at radius 3 is 2.28 bits per heavy atom. The van der Waals surface area contributed by atoms with Crippen molar-refractivity contribution in [3.05, 3.63) is 51.9 Å². The van der Waals surface area contributed by atoms with Gasteiger partial charge in [-0.15, -0.1) is 0 Å². The Morgan fingerprint density at radius 1 is 1.17 bits per heavy atom. The van der Waals surface area contributed by atoms with Crippen LogP contribution in [-0.4, -0.2) is 9.78 Å². The highest BCUT2D eigenvalue weighted by Crippen LogP contribution is 2.26. The Hall–Kier alpha value is -1.77. The summed E-state index contributed by atoms with van der Waals surface area (Å²) in [6, 6.07) is 9.94. The Balaban J connectivity index is 2.73. The summed E-state index contributed by atoms with van der Waals surface area (Å²) in [6.45, 7) is 8.42. The zero-order valence-electron chi connectivity index (χ0n) is 11.4. The molecule has 1 aromatic heterocycles. The topological polar surface area (TPSA) is 37.8 Å². The van der Waals surface area contributed by atoms with Gasteiger partial charge in [0.15, 0.2) is 0 Å². The molecule has 1 heterocycles. The minimum atomic E-state index is -0.0691. The van der Waals surface area contributed by atoms with Gasteiger partial charge in [0, 0.05) is 11.0 Å². The van der Waals surface area contributed by atoms with Crippen molar-refractivity contribution in [3.63, 3.8) is 0 Å². The van der Waals surface area contributed by atoms with E-state index in [9.17, 15) is 4.79 Å². The van der Waals surface area contributed by atoms with Gasteiger partial charge < -0.3 is 0 Å². The standard InChI is InChI=1S/C15H20N2O/c1-5-12-13(15(2,3)4)17(16-14(12)18)11-9-7-6-8-10-11/h6-10H,5H2,1-4H3,(H,16,18). The van der Waals surface area contributed by atoms with Crippen molar-refractivity contribution >= 4 is 0 Å². The molecule has 1 N–H and O–H groups in total. The third-order valence-electron chi connectivity index (χ3n) is 3.08. The van der Waals surface area contributed by atoms with Gasteiger partial charge in [0.05, 0.1) is 11.4 Å². The van der Waals surface area contributed by atoms with Crippen LogP contribution in [0.2, 0.25) is 0 Å². The Kier molecular flexibility index (Phi) is 3.16. The summed E-state index contributed by atoms with van der Waals surface area (Å²) in [4.78, 5) is 12.0. The molecule has 2 rings (SSSR count). The van der Waals surface area contributed by atoms with Crippen molar-refractivity contribution in [1.82, 2.24) is 9.78 Å². The van der Waals surface area contributed by atoms with Gasteiger partial charge in [-0.3, -0.25) is 14.6 Å². The van der Waals surface area contributed by atoms with Crippen molar-refractivity contribution in [2.24, 2.45) is 0 Å². The molecule has 0 aliphatic heterocycles. The summed E-state index contributed by atoms with van der Waals surface area (Å²) >= 11 is 0. The van der Waals surface area contributed by atoms with Crippen LogP contribution in [0.5, 0.6) is 0 Å². The number of aromatic amines is 1. The second kappa shape index (κ2) is 4.48. The van der Waals surface area contributed by atoms with Crippen LogP contribution in [0.4, 0.5) is 0 Å². The molecule has 0 bridgehead atoms. The number of rotatable bonds is 2. The van der Waals surface area contributed by atoms with E-state index in [1.807, 2.05) is 41.9 Å². The third-order valence-corrected chi connectivity index (χ3v) is 3.08. The van der Waals surface area contributed by atoms with E-state index in [-0.39, 0.29) is 11.0 Å². The van der Waals surface area contributed by atoms with Gasteiger partial charge >= 0.3 is 0 Å². The van der Waals surface area contributed by atoms with E-state index >= 15 is 0 Å². The number of hydrogen-bond donors (Lipinski definition) is 1. The molecule has 0 amide bonds. The van der Waals surface area contributed by atoms with Gasteiger partial charge in [0.2, 0.25) is 0 Å². The van der Waals surface area contributed by atoms with Crippen LogP contribution >= 0.6 is 0 Å². The lowest BCUT2D eigenvalue weighted by molar-refractivity contribution is 0.538. The normalized spacial score (nSPS) is 11.8. The monoisotopic (exact) mass is 244 g/mol. The summed E-state index contributed by atoms with van der Waals surface area (Å²) in [7, 11) is 0. The number of nitrogens with zero attached hydrogens (tertiary/aromatic N) is 1. The van der Waals surface area contributed by atoms with Gasteiger partial charge in [-0.25, -0.2) is 0 Å². The van der Waals surface area contributed by atoms with E-state index < -0.39 is 0 Å². The summed E-state index contributed by atoms with van der Waals surface area (Å²) in [5, 5.41) is 2.95. The van der Waals surface area contributed by atoms with Crippen LogP contribution in [-0.2, 0) is 11.8 Å². The van der Waals surface area contributed by atoms with Crippen molar-refractivity contribution in [2.75, 3.05) is 0 Å². The van der Waals surface area contributed by atoms with E-state index in [4.69, 9.17) is 0 Å². The largest absolute Gasteiger partial charge is 0.268 e. The Labute approximate surface area is 107 Å². The maximum atomic E-state index is 12.0. The molecule has 0 aliphatic carbocycles. The summed E-state index contributed by atoms with van der Waals surface area (Å²) in [5.74, 6) is 0. The average molecular weight is 244 g/mol. The number of para-hydroxylation sites is 1. The second-order valence-corrected chi connectivity index (χ2v) is 5.54. The van der Waals surface area contributed by atoms with Crippen LogP contribution in [0.3, 0.4) is 0 Å². The molecule has 0 fully saturated rings. The summed E-state index contributed by atoms with van der Waals surface area (Å²) < 4.78 is 1.92. The fourth-order valence-corrected chi connectivity index (χ4v) is 2.35. The van der Waals surface area contributed by atoms with Gasteiger partial charge in [-0.1, -0.05) is 45.9 Å². The number of H-pyrrole nitrogens is 1. The van der Waals surface area contributed by atoms with E-state index in [1.54, 1.807) is 0 Å². The highest BCUT2D eigenvalue weighted by molar-refractivity contribution is 5.37. The highest BCUT2D eigenvalue weighted by atomic mass is 16.1. The van der Waals surface area contributed by atoms with Gasteiger partial charge in [-0.2, -0.15) is 0 Å². The van der Waals surface area contributed by atoms with Crippen molar-refractivity contribution in [1.29, 1.82) is 0 Å². The Morgan fingerprint density at radius 2 is 1.78 bits per heavy atom. The molecule has 0 spiro atoms. The van der Waals surface area contributed by atoms with Crippen molar-refractivity contribution in [3.8, 4) is 5.69 Å². The molecule has 0 aliphatic rings. The fraction of sp³-hybridized carbons (Fsp3) is 0.400. The van der Waals surface area contributed by atoms with Gasteiger partial charge in [-0.05, 0) is 18.6 Å². The number of benzene rings is 1. The third kappa shape index (κ3) is 2.13. The van der Waals surface area contributed by atoms with E-state index in [0.717, 1.165) is 23.4 Å². The number of hydrogen-bond acceptors (Lipinski definition) is 1. The lowest BCUT2D eigenvalue weighted by Gasteiger charge is -2.22. The molecule has 18 heavy (non-hydrogen) atoms. The first-order chi connectivity index (χ1) is 8.45. The van der Waals surface area contributed by atoms with E-state index in [2.05, 4.69) is 25.9 Å². The molecule has 2 aromatic rings. The molecule has 0 saturated heterocycles. The van der Waals surface area contributed by atoms with E-state index in [1.165, 1.54) is 0 Å². The molecular formula is C15H20N2O. The number of aromatic nitrogens is 2. The summed E-state index contributed by atoms with van der Waals surface area (Å²) in [6.07, 6.45) is 0.752. The zero-order valence-corrected chi connectivity index (χ0v) is 11.4. The molecule has 0 saturated carbocycles. The van der Waals surface area contributed by atoms with Crippen LogP contribution in [0.1, 0.15) is 39.0 Å². The van der Waals surface area contributed by atoms with E-state index in [0.29, 0.717) is 0 Å². The first-order valence-electron chi connectivity index (χ1n) is 6.35. The molecule has 0 unspecified atom stereocenters. The molecule has 0 atom stereocenters. The quantitative estimate of drug-likeness (QED) is 0.866. The van der Waals surface area contributed by atoms with Gasteiger partial charge in [0.25, 0.3) is 5.56 Å². The molecule has 1 aromatic carbocycles. The molecule has 3 nitrogen and oxygen atoms in total. The smallest absolute Gasteiger partial charge is 0.267 e. The minimum Gasteiger partial charge on any atom is -0.268 e. The Bertz CT molecular complexity index is 585. The van der Waals surface area contributed by atoms with Crippen molar-refractivity contribution in [2.45, 2.75) is 39.5 Å². The number of nitrogens with one attached hydrogen (secondary N) is 1. The lowest BCUT2D eigenvalue weighted by Crippen LogP contribution is -2.19. The average Bonchev–Trinajstić information content (AvgIpc) is 2.67. The van der Waals surface area contributed by atoms with Crippen LogP contribution in [0.25, 0.3) is 5.69 Å². The SMILES string of the molecule is CCc1c(C(C)(C)C)n(-c2ccccc2)[nH]c1=O. The van der Waals surface area contributed by atoms with Crippen LogP contribution < -0.4 is 5.56 Å². The predicted octanol–water partition coefficient (Wildman–Crippen LogP) is 3.03. The highest BCUT2D eigenvalue weighted by Gasteiger charge is 2.25. The van der Waals surface area contributed by atoms with Crippen molar-refractivity contribution < 1.29 is 0 Å². The van der Waals surface area contributed by atoms with Crippen LogP contribution in [0, 0.1) is 0 Å². The summed E-state index contributed by atoms with van der Waals surface area (Å²) in [5.41, 5.74) is 2.90. The maximum Gasteiger partial charge on any atom is 0.267 e. The second-order valence-electron chi connectivity index (χ2n) is 5.54. The molecule has 0 radical (unpaired) electrons. The molecule has 3 heteroatoms. The predicted molar refractivity (Wildman–Crippen MR) is 74.5 cm³/mol. The first-order valence-corrected chi connectivity index (χ1v) is 6.35. The molecule has 96 valence electrons. The van der Waals surface area contributed by atoms with Crippen LogP contribution in [0.15, 0.2) is 35.1 Å². The lowest BCUT2D eigenvalue weighted by atomic mass is 9.88. The minimum absolute atomic E-state index is 0.0197. The first kappa shape index (κ1) is 12.7. The fourth-order valence-electron chi connectivity index (χ4n) is 2.35. The zero-order chi connectivity index (χ0) is 13.3. The van der Waals surface area contributed by atoms with Gasteiger partial charge in [0.1, 0.15) is 0 Å². The molecular weight excluding hydrogens is 224 g/mol.